The van der Waals surface area contributed by atoms with Crippen LogP contribution in [0.4, 0.5) is 0 Å². The lowest BCUT2D eigenvalue weighted by molar-refractivity contribution is -0.153. The number of aliphatic carboxylic acids is 1. The van der Waals surface area contributed by atoms with Crippen molar-refractivity contribution < 1.29 is 19.8 Å². The molecule has 0 unspecified atom stereocenters. The molecule has 3 heterocycles. The number of allylic oxidation sites excluding steroid dienone is 1. The monoisotopic (exact) mass is 325 g/mol. The average Bonchev–Trinajstić information content (AvgIpc) is 3.10. The minimum atomic E-state index is -1.09. The SMILES string of the molecule is O=C(O)C1=C(CCCCn2cnnn2)S[C@@H]2[C@@H](CO)C(=O)N12. The van der Waals surface area contributed by atoms with E-state index in [-0.39, 0.29) is 23.6 Å². The highest BCUT2D eigenvalue weighted by Gasteiger charge is 2.55. The van der Waals surface area contributed by atoms with E-state index in [2.05, 4.69) is 15.5 Å². The number of hydrogen-bond donors (Lipinski definition) is 2. The number of nitrogens with zero attached hydrogens (tertiary/aromatic N) is 5. The second-order valence-corrected chi connectivity index (χ2v) is 6.32. The van der Waals surface area contributed by atoms with E-state index in [4.69, 9.17) is 0 Å². The van der Waals surface area contributed by atoms with E-state index in [1.165, 1.54) is 23.0 Å². The van der Waals surface area contributed by atoms with Gasteiger partial charge >= 0.3 is 5.97 Å². The van der Waals surface area contributed by atoms with Crippen molar-refractivity contribution >= 4 is 23.6 Å². The summed E-state index contributed by atoms with van der Waals surface area (Å²) in [4.78, 5) is 25.3. The molecule has 2 N–H and O–H groups in total. The van der Waals surface area contributed by atoms with Gasteiger partial charge in [0.15, 0.2) is 0 Å². The Balaban J connectivity index is 1.60. The molecule has 0 saturated carbocycles. The van der Waals surface area contributed by atoms with Gasteiger partial charge in [-0.3, -0.25) is 9.69 Å². The topological polar surface area (TPSA) is 121 Å². The van der Waals surface area contributed by atoms with Crippen molar-refractivity contribution in [2.45, 2.75) is 31.2 Å². The number of β-lactam (4-membered cyclic amide) rings is 1. The number of aryl methyl sites for hydroxylation is 1. The summed E-state index contributed by atoms with van der Waals surface area (Å²) in [5.74, 6) is -1.88. The molecule has 0 radical (unpaired) electrons. The number of aliphatic hydroxyl groups is 1. The summed E-state index contributed by atoms with van der Waals surface area (Å²) >= 11 is 1.38. The molecule has 1 aromatic heterocycles. The molecule has 2 aliphatic rings. The van der Waals surface area contributed by atoms with E-state index >= 15 is 0 Å². The van der Waals surface area contributed by atoms with E-state index in [1.807, 2.05) is 0 Å². The lowest BCUT2D eigenvalue weighted by Gasteiger charge is -2.41. The van der Waals surface area contributed by atoms with Crippen molar-refractivity contribution in [1.29, 1.82) is 0 Å². The standard InChI is InChI=1S/C12H15N5O4S/c18-5-7-10(19)17-9(12(20)21)8(22-11(7)17)3-1-2-4-16-6-13-14-15-16/h6-7,11,18H,1-5H2,(H,20,21)/t7-,11+/m0/s1. The number of carbonyl (C=O) groups excluding carboxylic acids is 1. The molecule has 1 amide bonds. The van der Waals surface area contributed by atoms with Gasteiger partial charge in [0.25, 0.3) is 0 Å². The highest BCUT2D eigenvalue weighted by Crippen LogP contribution is 2.50. The minimum Gasteiger partial charge on any atom is -0.477 e. The molecule has 0 aromatic carbocycles. The van der Waals surface area contributed by atoms with Crippen LogP contribution in [0.1, 0.15) is 19.3 Å². The Kier molecular flexibility index (Phi) is 4.12. The first-order chi connectivity index (χ1) is 10.6. The maximum Gasteiger partial charge on any atom is 0.353 e. The van der Waals surface area contributed by atoms with Crippen LogP contribution >= 0.6 is 11.8 Å². The predicted molar refractivity (Wildman–Crippen MR) is 75.1 cm³/mol. The number of thioether (sulfide) groups is 1. The number of carboxylic acid groups (broad SMARTS) is 1. The van der Waals surface area contributed by atoms with Gasteiger partial charge in [0.1, 0.15) is 17.4 Å². The molecule has 10 heteroatoms. The molecule has 2 aliphatic heterocycles. The molecule has 1 fully saturated rings. The van der Waals surface area contributed by atoms with Gasteiger partial charge in [-0.25, -0.2) is 9.48 Å². The fraction of sp³-hybridized carbons (Fsp3) is 0.583. The van der Waals surface area contributed by atoms with Crippen LogP contribution in [0.25, 0.3) is 0 Å². The van der Waals surface area contributed by atoms with E-state index in [0.29, 0.717) is 17.9 Å². The lowest BCUT2D eigenvalue weighted by Crippen LogP contribution is -2.58. The summed E-state index contributed by atoms with van der Waals surface area (Å²) in [6.45, 7) is 0.422. The fourth-order valence-electron chi connectivity index (χ4n) is 2.64. The average molecular weight is 325 g/mol. The summed E-state index contributed by atoms with van der Waals surface area (Å²) in [7, 11) is 0. The third-order valence-electron chi connectivity index (χ3n) is 3.75. The number of unbranched alkanes of at least 4 members (excludes halogenated alkanes) is 1. The zero-order chi connectivity index (χ0) is 15.7. The number of tetrazole rings is 1. The Labute approximate surface area is 130 Å². The second kappa shape index (κ2) is 6.05. The van der Waals surface area contributed by atoms with E-state index in [1.54, 1.807) is 4.68 Å². The predicted octanol–water partition coefficient (Wildman–Crippen LogP) is -0.337. The van der Waals surface area contributed by atoms with Crippen LogP contribution in [0.2, 0.25) is 0 Å². The second-order valence-electron chi connectivity index (χ2n) is 5.11. The number of aliphatic hydroxyl groups excluding tert-OH is 1. The van der Waals surface area contributed by atoms with Gasteiger partial charge in [-0.1, -0.05) is 0 Å². The maximum absolute atomic E-state index is 11.8. The van der Waals surface area contributed by atoms with E-state index < -0.39 is 11.9 Å². The first kappa shape index (κ1) is 15.0. The normalized spacial score (nSPS) is 23.7. The zero-order valence-electron chi connectivity index (χ0n) is 11.6. The summed E-state index contributed by atoms with van der Waals surface area (Å²) in [6, 6.07) is 0. The first-order valence-electron chi connectivity index (χ1n) is 6.91. The van der Waals surface area contributed by atoms with Crippen LogP contribution in [0, 0.1) is 5.92 Å². The molecule has 0 spiro atoms. The van der Waals surface area contributed by atoms with Gasteiger partial charge in [-0.05, 0) is 29.7 Å². The maximum atomic E-state index is 11.8. The highest BCUT2D eigenvalue weighted by atomic mass is 32.2. The van der Waals surface area contributed by atoms with Crippen molar-refractivity contribution in [3.8, 4) is 0 Å². The van der Waals surface area contributed by atoms with Crippen molar-refractivity contribution in [3.05, 3.63) is 16.9 Å². The van der Waals surface area contributed by atoms with Crippen molar-refractivity contribution in [1.82, 2.24) is 25.1 Å². The van der Waals surface area contributed by atoms with Crippen molar-refractivity contribution in [2.24, 2.45) is 5.92 Å². The van der Waals surface area contributed by atoms with E-state index in [0.717, 1.165) is 12.8 Å². The number of amides is 1. The smallest absolute Gasteiger partial charge is 0.353 e. The molecule has 0 aliphatic carbocycles. The molecule has 118 valence electrons. The summed E-state index contributed by atoms with van der Waals surface area (Å²) in [6.07, 6.45) is 3.71. The number of hydrogen-bond acceptors (Lipinski definition) is 7. The molecule has 1 saturated heterocycles. The summed E-state index contributed by atoms with van der Waals surface area (Å²) in [5, 5.41) is 29.1. The third kappa shape index (κ3) is 2.48. The van der Waals surface area contributed by atoms with Crippen LogP contribution in [0.3, 0.4) is 0 Å². The third-order valence-corrected chi connectivity index (χ3v) is 5.22. The van der Waals surface area contributed by atoms with Crippen LogP contribution in [-0.2, 0) is 16.1 Å². The Hall–Kier alpha value is -1.94. The number of aromatic nitrogens is 4. The van der Waals surface area contributed by atoms with Gasteiger partial charge in [0.2, 0.25) is 5.91 Å². The molecule has 2 atom stereocenters. The fourth-order valence-corrected chi connectivity index (χ4v) is 4.17. The quantitative estimate of drug-likeness (QED) is 0.516. The molecular weight excluding hydrogens is 310 g/mol. The lowest BCUT2D eigenvalue weighted by atomic mass is 9.98. The first-order valence-corrected chi connectivity index (χ1v) is 7.79. The van der Waals surface area contributed by atoms with Crippen LogP contribution in [-0.4, -0.2) is 59.2 Å². The Bertz CT molecular complexity index is 617. The number of carbonyl (C=O) groups is 2. The Morgan fingerprint density at radius 2 is 2.23 bits per heavy atom. The summed E-state index contributed by atoms with van der Waals surface area (Å²) in [5.41, 5.74) is 0.0760. The van der Waals surface area contributed by atoms with Gasteiger partial charge in [-0.15, -0.1) is 16.9 Å². The van der Waals surface area contributed by atoms with Crippen molar-refractivity contribution in [2.75, 3.05) is 6.61 Å². The van der Waals surface area contributed by atoms with E-state index in [9.17, 15) is 19.8 Å². The Morgan fingerprint density at radius 3 is 2.86 bits per heavy atom. The summed E-state index contributed by atoms with van der Waals surface area (Å²) < 4.78 is 1.62. The zero-order valence-corrected chi connectivity index (χ0v) is 12.4. The molecule has 22 heavy (non-hydrogen) atoms. The van der Waals surface area contributed by atoms with Crippen LogP contribution in [0.15, 0.2) is 16.9 Å². The Morgan fingerprint density at radius 1 is 1.41 bits per heavy atom. The largest absolute Gasteiger partial charge is 0.477 e. The number of rotatable bonds is 7. The van der Waals surface area contributed by atoms with Gasteiger partial charge in [-0.2, -0.15) is 0 Å². The highest BCUT2D eigenvalue weighted by molar-refractivity contribution is 8.04. The molecule has 0 bridgehead atoms. The molecular formula is C12H15N5O4S. The molecule has 9 nitrogen and oxygen atoms in total. The van der Waals surface area contributed by atoms with Gasteiger partial charge in [0.05, 0.1) is 12.5 Å². The molecule has 3 rings (SSSR count). The number of carboxylic acids is 1. The molecule has 1 aromatic rings. The minimum absolute atomic E-state index is 0.0760. The van der Waals surface area contributed by atoms with Gasteiger partial charge in [0, 0.05) is 11.4 Å². The van der Waals surface area contributed by atoms with Crippen LogP contribution < -0.4 is 0 Å². The van der Waals surface area contributed by atoms with Gasteiger partial charge < -0.3 is 10.2 Å². The number of fused-ring (bicyclic) bond motifs is 1. The van der Waals surface area contributed by atoms with Crippen molar-refractivity contribution in [3.63, 3.8) is 0 Å². The van der Waals surface area contributed by atoms with Crippen LogP contribution in [0.5, 0.6) is 0 Å².